The van der Waals surface area contributed by atoms with Gasteiger partial charge in [-0.1, -0.05) is 123 Å². The summed E-state index contributed by atoms with van der Waals surface area (Å²) >= 11 is 0. The van der Waals surface area contributed by atoms with Crippen molar-refractivity contribution >= 4 is 34.8 Å². The number of methoxy groups -OCH3 is 1. The largest absolute Gasteiger partial charge is 0.497 e. The second-order valence-corrected chi connectivity index (χ2v) is 28.3. The van der Waals surface area contributed by atoms with Crippen molar-refractivity contribution in [3.8, 4) is 22.8 Å². The van der Waals surface area contributed by atoms with Crippen LogP contribution in [0.2, 0.25) is 0 Å². The number of ether oxygens (including phenoxy) is 1. The van der Waals surface area contributed by atoms with E-state index in [9.17, 15) is 14.4 Å². The summed E-state index contributed by atoms with van der Waals surface area (Å²) in [6.45, 7) is 8.88. The molecule has 0 spiro atoms. The van der Waals surface area contributed by atoms with E-state index in [1.54, 1.807) is 33.3 Å². The third-order valence-electron chi connectivity index (χ3n) is 19.8. The van der Waals surface area contributed by atoms with Gasteiger partial charge in [-0.2, -0.15) is 20.4 Å². The first-order chi connectivity index (χ1) is 51.6. The lowest BCUT2D eigenvalue weighted by Gasteiger charge is -2.21. The van der Waals surface area contributed by atoms with Gasteiger partial charge in [0.15, 0.2) is 0 Å². The zero-order valence-corrected chi connectivity index (χ0v) is 61.1. The Morgan fingerprint density at radius 3 is 1.29 bits per heavy atom. The Morgan fingerprint density at radius 1 is 0.495 bits per heavy atom. The van der Waals surface area contributed by atoms with Gasteiger partial charge in [0.1, 0.15) is 22.8 Å². The minimum atomic E-state index is -0.220. The number of benzene rings is 7. The summed E-state index contributed by atoms with van der Waals surface area (Å²) in [5, 5.41) is 34.7. The van der Waals surface area contributed by atoms with Crippen molar-refractivity contribution in [2.24, 2.45) is 42.0 Å². The molecule has 7 aromatic carbocycles. The molecule has 4 aliphatic carbocycles. The van der Waals surface area contributed by atoms with Gasteiger partial charge < -0.3 is 48.5 Å². The maximum atomic E-state index is 13.4. The van der Waals surface area contributed by atoms with Crippen LogP contribution in [0.4, 0.5) is 17.1 Å². The quantitative estimate of drug-likeness (QED) is 0.0227. The normalized spacial score (nSPS) is 14.4. The number of nitrogens with zero attached hydrogens (tertiary/aromatic N) is 8. The van der Waals surface area contributed by atoms with Crippen LogP contribution in [0.25, 0.3) is 17.1 Å². The molecule has 3 saturated carbocycles. The molecular weight excluding hydrogens is 1330 g/mol. The van der Waals surface area contributed by atoms with E-state index in [4.69, 9.17) is 21.9 Å². The highest BCUT2D eigenvalue weighted by atomic mass is 16.5. The molecule has 20 nitrogen and oxygen atoms in total. The van der Waals surface area contributed by atoms with Crippen LogP contribution in [0.5, 0.6) is 5.75 Å². The first-order valence-electron chi connectivity index (χ1n) is 36.9. The number of allylic oxidation sites excluding steroid dienone is 4. The Hall–Kier alpha value is -11.1. The molecule has 3 amide bonds. The Bertz CT molecular complexity index is 4930. The van der Waals surface area contributed by atoms with Crippen LogP contribution in [-0.2, 0) is 26.7 Å². The van der Waals surface area contributed by atoms with E-state index in [2.05, 4.69) is 102 Å². The van der Waals surface area contributed by atoms with Crippen LogP contribution in [0, 0.1) is 38.5 Å². The van der Waals surface area contributed by atoms with E-state index in [0.29, 0.717) is 42.6 Å². The molecule has 4 aliphatic rings. The second kappa shape index (κ2) is 35.3. The van der Waals surface area contributed by atoms with Gasteiger partial charge in [0.2, 0.25) is 0 Å². The van der Waals surface area contributed by atoms with Crippen LogP contribution in [0.1, 0.15) is 176 Å². The molecule has 107 heavy (non-hydrogen) atoms. The summed E-state index contributed by atoms with van der Waals surface area (Å²) < 4.78 is 12.2. The molecule has 0 bridgehead atoms. The zero-order chi connectivity index (χ0) is 73.6. The fourth-order valence-corrected chi connectivity index (χ4v) is 13.6. The highest BCUT2D eigenvalue weighted by Gasteiger charge is 2.29. The van der Waals surface area contributed by atoms with Gasteiger partial charge in [0.25, 0.3) is 17.7 Å². The van der Waals surface area contributed by atoms with E-state index in [1.165, 1.54) is 56.1 Å². The van der Waals surface area contributed by atoms with Gasteiger partial charge >= 0.3 is 0 Å². The van der Waals surface area contributed by atoms with E-state index in [-0.39, 0.29) is 37.2 Å². The number of aromatic nitrogens is 8. The average molecular weight is 1430 g/mol. The molecule has 0 aliphatic heterocycles. The summed E-state index contributed by atoms with van der Waals surface area (Å²) in [5.74, 6) is 2.98. The van der Waals surface area contributed by atoms with Gasteiger partial charge in [-0.05, 0) is 244 Å². The van der Waals surface area contributed by atoms with Crippen molar-refractivity contribution in [1.29, 1.82) is 0 Å². The first kappa shape index (κ1) is 75.5. The van der Waals surface area contributed by atoms with Crippen LogP contribution in [0.3, 0.4) is 0 Å². The molecule has 3 unspecified atom stereocenters. The zero-order valence-electron chi connectivity index (χ0n) is 61.1. The summed E-state index contributed by atoms with van der Waals surface area (Å²) in [4.78, 5) is 40.0. The minimum absolute atomic E-state index is 0. The van der Waals surface area contributed by atoms with Crippen LogP contribution < -0.4 is 48.5 Å². The summed E-state index contributed by atoms with van der Waals surface area (Å²) in [6.07, 6.45) is 22.1. The Morgan fingerprint density at radius 2 is 0.907 bits per heavy atom. The number of nitrogens with one attached hydrogen (secondary N) is 5. The molecule has 20 heteroatoms. The molecule has 4 heterocycles. The number of anilines is 3. The fourth-order valence-electron chi connectivity index (χ4n) is 13.6. The number of amides is 3. The molecule has 15 rings (SSSR count). The molecule has 0 radical (unpaired) electrons. The van der Waals surface area contributed by atoms with E-state index >= 15 is 0 Å². The van der Waals surface area contributed by atoms with Crippen molar-refractivity contribution in [1.82, 2.24) is 49.8 Å². The molecule has 552 valence electrons. The Labute approximate surface area is 627 Å². The highest BCUT2D eigenvalue weighted by Crippen LogP contribution is 2.41. The number of carbonyl (C=O) groups is 3. The molecule has 3 fully saturated rings. The molecule has 0 saturated heterocycles. The van der Waals surface area contributed by atoms with Crippen LogP contribution >= 0.6 is 0 Å². The van der Waals surface area contributed by atoms with Gasteiger partial charge in [-0.3, -0.25) is 19.1 Å². The molecule has 4 aromatic heterocycles. The summed E-state index contributed by atoms with van der Waals surface area (Å²) in [6, 6.07) is 61.2. The number of hydrogen-bond donors (Lipinski definition) is 8. The number of hydrogen-bond acceptors (Lipinski definition) is 13. The van der Waals surface area contributed by atoms with Gasteiger partial charge in [0, 0.05) is 61.4 Å². The van der Waals surface area contributed by atoms with Crippen LogP contribution in [0.15, 0.2) is 224 Å². The predicted molar refractivity (Wildman–Crippen MR) is 426 cm³/mol. The smallest absolute Gasteiger partial charge is 0.274 e. The lowest BCUT2D eigenvalue weighted by atomic mass is 9.86. The lowest BCUT2D eigenvalue weighted by Crippen LogP contribution is -2.25. The monoisotopic (exact) mass is 1430 g/mol. The van der Waals surface area contributed by atoms with Crippen molar-refractivity contribution in [3.63, 3.8) is 0 Å². The topological polar surface area (TPSA) is 270 Å². The minimum Gasteiger partial charge on any atom is -0.497 e. The molecule has 11 aromatic rings. The van der Waals surface area contributed by atoms with Crippen molar-refractivity contribution in [2.45, 2.75) is 124 Å². The Kier molecular flexibility index (Phi) is 24.9. The maximum absolute atomic E-state index is 13.4. The average Bonchev–Trinajstić information content (AvgIpc) is 1.75. The SMILES string of the molecule is C.COc1ccc(C(NCC2CC2)c2cccc(NC(=O)c3cc(C)nn3-c3cccc(CN)c3)c2)cc1.Cc1cc(C(=O)Nc2cccc(C(CCC3CC3)C3=CCC=C3)c2)n(-c2cccc(CN)c2)n1.Cc1cc(C(=O)Nc2cccc(C(NCC3CC3)c3cnn(C)c3)c2)n(-c2cccc(CN)c2)n1. The standard InChI is InChI=1S/C30H33N5O2.C29H32N4O.C27H31N7O.CH4/c1-20-15-28(35(34-20)26-8-3-5-22(16-26)18-31)30(36)33-25-7-4-6-24(17-25)29(32-19-21-9-10-21)23-11-13-27(37-2)14-12-23;1-20-16-28(33(32-20)26-11-4-6-22(17-26)19-30)29(34)31-25-10-5-9-24(18-25)27(15-14-21-12-13-21)23-7-2-3-8-23;1-18-11-25(34(32-18)24-8-3-5-20(12-24)14-28)27(35)31-23-7-4-6-21(13-23)26(29-15-19-9-10-19)22-16-30-33(2)17-22;/h3-8,11-17,21,29,32H,9-10,18-19,31H2,1-2H3,(H,33,36);2,4-11,16-18,21,27H,3,12-15,19,30H2,1H3,(H,31,34);3-8,11-13,16-17,19,26,29H,9-10,14-15,28H2,1-2H3,(H,31,35);1H4. The number of aryl methyl sites for hydroxylation is 4. The lowest BCUT2D eigenvalue weighted by molar-refractivity contribution is 0.101. The highest BCUT2D eigenvalue weighted by molar-refractivity contribution is 6.05. The van der Waals surface area contributed by atoms with Gasteiger partial charge in [-0.15, -0.1) is 0 Å². The van der Waals surface area contributed by atoms with Crippen molar-refractivity contribution in [2.75, 3.05) is 36.1 Å². The van der Waals surface area contributed by atoms with Crippen molar-refractivity contribution < 1.29 is 19.1 Å². The van der Waals surface area contributed by atoms with E-state index in [0.717, 1.165) is 140 Å². The molecule has 3 atom stereocenters. The number of nitrogens with two attached hydrogens (primary N) is 3. The number of carbonyl (C=O) groups excluding carboxylic acids is 3. The third-order valence-corrected chi connectivity index (χ3v) is 19.8. The second-order valence-electron chi connectivity index (χ2n) is 28.3. The fraction of sp³-hybridized carbons (Fsp3) is 0.299. The predicted octanol–water partition coefficient (Wildman–Crippen LogP) is 15.4. The molecule has 11 N–H and O–H groups in total. The van der Waals surface area contributed by atoms with Gasteiger partial charge in [0.05, 0.1) is 59.5 Å². The van der Waals surface area contributed by atoms with E-state index < -0.39 is 0 Å². The number of rotatable bonds is 28. The third kappa shape index (κ3) is 19.9. The van der Waals surface area contributed by atoms with Crippen molar-refractivity contribution in [3.05, 3.63) is 303 Å². The first-order valence-corrected chi connectivity index (χ1v) is 36.9. The molecular formula is C87H100N16O4. The van der Waals surface area contributed by atoms with Gasteiger partial charge in [-0.25, -0.2) is 14.0 Å². The van der Waals surface area contributed by atoms with E-state index in [1.807, 2.05) is 184 Å². The Balaban J connectivity index is 0.000000150. The van der Waals surface area contributed by atoms with Crippen LogP contribution in [-0.4, -0.2) is 77.0 Å². The maximum Gasteiger partial charge on any atom is 0.274 e. The summed E-state index contributed by atoms with van der Waals surface area (Å²) in [7, 11) is 3.60. The summed E-state index contributed by atoms with van der Waals surface area (Å²) in [5.41, 5.74) is 35.9.